The molecule has 2 fully saturated rings. The maximum absolute atomic E-state index is 13.0. The minimum Gasteiger partial charge on any atom is -0.472 e. The predicted octanol–water partition coefficient (Wildman–Crippen LogP) is -0.744. The van der Waals surface area contributed by atoms with Gasteiger partial charge in [0.15, 0.2) is 6.29 Å². The van der Waals surface area contributed by atoms with Crippen LogP contribution in [0.1, 0.15) is 24.2 Å². The number of aliphatic hydroxyl groups is 4. The molecule has 1 aliphatic carbocycles. The third-order valence-electron chi connectivity index (χ3n) is 7.31. The molecule has 13 heteroatoms. The van der Waals surface area contributed by atoms with Gasteiger partial charge in [-0.3, -0.25) is 4.79 Å². The zero-order valence-electron chi connectivity index (χ0n) is 21.5. The summed E-state index contributed by atoms with van der Waals surface area (Å²) >= 11 is 0. The zero-order chi connectivity index (χ0) is 28.4. The van der Waals surface area contributed by atoms with Crippen molar-refractivity contribution in [1.29, 1.82) is 0 Å². The summed E-state index contributed by atoms with van der Waals surface area (Å²) in [7, 11) is 1.17. The summed E-state index contributed by atoms with van der Waals surface area (Å²) < 4.78 is 33.4. The highest BCUT2D eigenvalue weighted by Crippen LogP contribution is 2.50. The molecule has 0 amide bonds. The Labute approximate surface area is 223 Å². The fourth-order valence-electron chi connectivity index (χ4n) is 5.39. The molecule has 0 radical (unpaired) electrons. The summed E-state index contributed by atoms with van der Waals surface area (Å²) in [4.78, 5) is 37.8. The molecule has 4 rings (SSSR count). The third kappa shape index (κ3) is 5.64. The van der Waals surface area contributed by atoms with Crippen molar-refractivity contribution < 1.29 is 63.2 Å². The van der Waals surface area contributed by atoms with E-state index in [1.165, 1.54) is 14.0 Å². The van der Waals surface area contributed by atoms with Gasteiger partial charge in [0.1, 0.15) is 36.6 Å². The van der Waals surface area contributed by atoms with E-state index in [0.717, 1.165) is 6.26 Å². The van der Waals surface area contributed by atoms with Crippen LogP contribution in [0.5, 0.6) is 0 Å². The molecule has 11 atom stereocenters. The van der Waals surface area contributed by atoms with Crippen LogP contribution in [0.3, 0.4) is 0 Å². The van der Waals surface area contributed by atoms with E-state index in [-0.39, 0.29) is 11.1 Å². The van der Waals surface area contributed by atoms with Gasteiger partial charge in [-0.15, -0.1) is 0 Å². The second kappa shape index (κ2) is 12.0. The highest BCUT2D eigenvalue weighted by atomic mass is 16.8. The average molecular weight is 553 g/mol. The van der Waals surface area contributed by atoms with Gasteiger partial charge >= 0.3 is 17.9 Å². The summed E-state index contributed by atoms with van der Waals surface area (Å²) in [6.45, 7) is 2.21. The van der Waals surface area contributed by atoms with Gasteiger partial charge in [-0.05, 0) is 12.1 Å². The number of hydrogen-bond acceptors (Lipinski definition) is 13. The molecule has 0 spiro atoms. The third-order valence-corrected chi connectivity index (χ3v) is 7.31. The monoisotopic (exact) mass is 552 g/mol. The summed E-state index contributed by atoms with van der Waals surface area (Å²) in [6, 6.07) is 8.12. The normalized spacial score (nSPS) is 37.6. The second-order valence-electron chi connectivity index (χ2n) is 9.67. The van der Waals surface area contributed by atoms with Gasteiger partial charge in [0, 0.05) is 24.7 Å². The highest BCUT2D eigenvalue weighted by molar-refractivity contribution is 5.91. The Hall–Kier alpha value is -3.07. The highest BCUT2D eigenvalue weighted by Gasteiger charge is 2.61. The number of rotatable bonds is 7. The number of benzene rings is 1. The quantitative estimate of drug-likeness (QED) is 0.245. The number of carbonyl (C=O) groups is 3. The number of ether oxygens (including phenoxy) is 6. The molecule has 1 saturated carbocycles. The molecular weight excluding hydrogens is 520 g/mol. The van der Waals surface area contributed by atoms with Crippen LogP contribution >= 0.6 is 0 Å². The first-order valence-electron chi connectivity index (χ1n) is 12.4. The van der Waals surface area contributed by atoms with E-state index >= 15 is 0 Å². The number of methoxy groups -OCH3 is 1. The second-order valence-corrected chi connectivity index (χ2v) is 9.67. The van der Waals surface area contributed by atoms with Crippen molar-refractivity contribution in [2.45, 2.75) is 63.1 Å². The Morgan fingerprint density at radius 3 is 2.23 bits per heavy atom. The van der Waals surface area contributed by atoms with E-state index < -0.39 is 91.5 Å². The van der Waals surface area contributed by atoms with E-state index in [4.69, 9.17) is 28.4 Å². The molecule has 1 saturated heterocycles. The first kappa shape index (κ1) is 28.9. The van der Waals surface area contributed by atoms with E-state index in [2.05, 4.69) is 0 Å². The minimum absolute atomic E-state index is 0.00326. The maximum Gasteiger partial charge on any atom is 0.338 e. The molecule has 1 aromatic rings. The Morgan fingerprint density at radius 1 is 0.923 bits per heavy atom. The first-order chi connectivity index (χ1) is 18.6. The van der Waals surface area contributed by atoms with E-state index in [0.29, 0.717) is 0 Å². The van der Waals surface area contributed by atoms with Crippen molar-refractivity contribution >= 4 is 17.9 Å². The molecule has 13 nitrogen and oxygen atoms in total. The molecule has 0 bridgehead atoms. The number of esters is 3. The lowest BCUT2D eigenvalue weighted by atomic mass is 9.82. The summed E-state index contributed by atoms with van der Waals surface area (Å²) in [5, 5.41) is 40.3. The molecule has 1 aromatic carbocycles. The van der Waals surface area contributed by atoms with E-state index in [1.54, 1.807) is 37.3 Å². The van der Waals surface area contributed by atoms with Gasteiger partial charge in [0.05, 0.1) is 31.1 Å². The topological polar surface area (TPSA) is 188 Å². The van der Waals surface area contributed by atoms with Crippen LogP contribution in [-0.4, -0.2) is 101 Å². The summed E-state index contributed by atoms with van der Waals surface area (Å²) in [5.74, 6) is -4.51. The van der Waals surface area contributed by atoms with Crippen molar-refractivity contribution in [3.63, 3.8) is 0 Å². The largest absolute Gasteiger partial charge is 0.472 e. The van der Waals surface area contributed by atoms with Gasteiger partial charge < -0.3 is 48.8 Å². The Kier molecular flexibility index (Phi) is 8.89. The van der Waals surface area contributed by atoms with Crippen molar-refractivity contribution in [3.8, 4) is 0 Å². The van der Waals surface area contributed by atoms with Crippen LogP contribution in [0.15, 0.2) is 42.2 Å². The Balaban J connectivity index is 1.69. The molecule has 0 unspecified atom stereocenters. The summed E-state index contributed by atoms with van der Waals surface area (Å²) in [5.41, 5.74) is 0.239. The smallest absolute Gasteiger partial charge is 0.338 e. The van der Waals surface area contributed by atoms with Crippen molar-refractivity contribution in [2.24, 2.45) is 17.8 Å². The van der Waals surface area contributed by atoms with Crippen molar-refractivity contribution in [2.75, 3.05) is 13.7 Å². The van der Waals surface area contributed by atoms with E-state index in [1.807, 2.05) is 0 Å². The van der Waals surface area contributed by atoms with Gasteiger partial charge in [0.2, 0.25) is 6.29 Å². The Bertz CT molecular complexity index is 1070. The molecule has 4 N–H and O–H groups in total. The van der Waals surface area contributed by atoms with Crippen molar-refractivity contribution in [1.82, 2.24) is 0 Å². The molecule has 3 aliphatic rings. The lowest BCUT2D eigenvalue weighted by molar-refractivity contribution is -0.343. The van der Waals surface area contributed by atoms with Gasteiger partial charge in [-0.1, -0.05) is 25.1 Å². The fraction of sp³-hybridized carbons (Fsp3) is 0.577. The fourth-order valence-corrected chi connectivity index (χ4v) is 5.39. The first-order valence-corrected chi connectivity index (χ1v) is 12.4. The predicted molar refractivity (Wildman–Crippen MR) is 127 cm³/mol. The van der Waals surface area contributed by atoms with Crippen LogP contribution < -0.4 is 0 Å². The molecule has 2 aliphatic heterocycles. The lowest BCUT2D eigenvalue weighted by Crippen LogP contribution is -2.60. The molecule has 214 valence electrons. The summed E-state index contributed by atoms with van der Waals surface area (Å²) in [6.07, 6.45) is -10.2. The minimum atomic E-state index is -1.72. The van der Waals surface area contributed by atoms with Gasteiger partial charge in [0.25, 0.3) is 0 Å². The molecule has 0 aromatic heterocycles. The van der Waals surface area contributed by atoms with Gasteiger partial charge in [-0.25, -0.2) is 9.59 Å². The van der Waals surface area contributed by atoms with Crippen LogP contribution in [0.2, 0.25) is 0 Å². The maximum atomic E-state index is 13.0. The van der Waals surface area contributed by atoms with Crippen LogP contribution in [-0.2, 0) is 38.0 Å². The average Bonchev–Trinajstić information content (AvgIpc) is 3.19. The molecular formula is C26H32O13. The standard InChI is InChI=1S/C26H32O13/c1-11-16-17(22(21(11)36-12(2)28)38-23(32)13-7-5-4-6-8-13)14(24(33)34-3)10-35-25(16)39-26-20(31)19(30)18(29)15(9-27)37-26/h4-8,10-11,15-22,25-27,29-31H,9H2,1-3H3/t11-,15-,16+,17-,18+,19+,20+,21+,22-,25+,26-/m0/s1. The van der Waals surface area contributed by atoms with Gasteiger partial charge in [-0.2, -0.15) is 0 Å². The van der Waals surface area contributed by atoms with Crippen LogP contribution in [0, 0.1) is 17.8 Å². The van der Waals surface area contributed by atoms with E-state index in [9.17, 15) is 34.8 Å². The number of aliphatic hydroxyl groups excluding tert-OH is 4. The number of fused-ring (bicyclic) bond motifs is 1. The lowest BCUT2D eigenvalue weighted by Gasteiger charge is -2.43. The van der Waals surface area contributed by atoms with Crippen LogP contribution in [0.25, 0.3) is 0 Å². The number of hydrogen-bond donors (Lipinski definition) is 4. The molecule has 39 heavy (non-hydrogen) atoms. The number of carbonyl (C=O) groups excluding carboxylic acids is 3. The zero-order valence-corrected chi connectivity index (χ0v) is 21.5. The SMILES string of the molecule is COC(=O)C1=CO[C@H](O[C@@H]2O[C@@H](CO)[C@@H](O)[C@@H](O)[C@H]2O)[C@@H]2[C@H](C)[C@@H](OC(C)=O)[C@@H](OC(=O)c3ccccc3)[C@@H]12. The van der Waals surface area contributed by atoms with Crippen molar-refractivity contribution in [3.05, 3.63) is 47.7 Å². The molecule has 2 heterocycles. The van der Waals surface area contributed by atoms with Crippen LogP contribution in [0.4, 0.5) is 0 Å². The Morgan fingerprint density at radius 2 is 1.62 bits per heavy atom.